The SMILES string of the molecule is COc1ccc2c(n1)n(C1CCN(CCCn3nc(-c4ccc(Br)cc4)c4c3CCN(C(C)=O)C4)CC1)c(=O)n2OC. The van der Waals surface area contributed by atoms with Crippen LogP contribution in [-0.2, 0) is 24.3 Å². The Morgan fingerprint density at radius 3 is 2.50 bits per heavy atom. The van der Waals surface area contributed by atoms with Crippen molar-refractivity contribution in [1.82, 2.24) is 33.9 Å². The average Bonchev–Trinajstić information content (AvgIpc) is 3.51. The third kappa shape index (κ3) is 5.33. The molecule has 0 unspecified atom stereocenters. The summed E-state index contributed by atoms with van der Waals surface area (Å²) in [6, 6.07) is 11.8. The highest BCUT2D eigenvalue weighted by molar-refractivity contribution is 9.10. The first-order valence-electron chi connectivity index (χ1n) is 14.4. The molecule has 0 atom stereocenters. The lowest BCUT2D eigenvalue weighted by molar-refractivity contribution is -0.129. The summed E-state index contributed by atoms with van der Waals surface area (Å²) < 4.78 is 11.6. The molecule has 5 heterocycles. The lowest BCUT2D eigenvalue weighted by Crippen LogP contribution is -2.39. The van der Waals surface area contributed by atoms with Crippen LogP contribution in [0.4, 0.5) is 0 Å². The number of benzene rings is 1. The van der Waals surface area contributed by atoms with E-state index in [1.54, 1.807) is 24.7 Å². The third-order valence-corrected chi connectivity index (χ3v) is 9.04. The number of pyridine rings is 1. The summed E-state index contributed by atoms with van der Waals surface area (Å²) in [5.41, 5.74) is 5.45. The normalized spacial score (nSPS) is 16.1. The van der Waals surface area contributed by atoms with Gasteiger partial charge in [-0.3, -0.25) is 14.0 Å². The molecule has 3 aromatic heterocycles. The highest BCUT2D eigenvalue weighted by atomic mass is 79.9. The van der Waals surface area contributed by atoms with Gasteiger partial charge in [-0.15, -0.1) is 4.73 Å². The maximum absolute atomic E-state index is 13.2. The van der Waals surface area contributed by atoms with Crippen LogP contribution in [0.3, 0.4) is 0 Å². The zero-order valence-corrected chi connectivity index (χ0v) is 25.8. The summed E-state index contributed by atoms with van der Waals surface area (Å²) in [5, 5.41) is 5.06. The van der Waals surface area contributed by atoms with Crippen molar-refractivity contribution >= 4 is 33.0 Å². The molecule has 11 nitrogen and oxygen atoms in total. The summed E-state index contributed by atoms with van der Waals surface area (Å²) in [4.78, 5) is 39.7. The number of fused-ring (bicyclic) bond motifs is 2. The van der Waals surface area contributed by atoms with Crippen LogP contribution < -0.4 is 15.3 Å². The standard InChI is InChI=1S/C30H36BrN7O4/c1-20(39)35-18-13-25-24(19-35)28(21-5-7-22(31)8-6-21)33-36(25)15-4-14-34-16-11-23(12-17-34)37-29-26(38(42-3)30(37)40)9-10-27(32-29)41-2/h5-10,23H,4,11-19H2,1-3H3. The number of likely N-dealkylation sites (tertiary alicyclic amines) is 1. The fourth-order valence-electron chi connectivity index (χ4n) is 6.30. The molecular weight excluding hydrogens is 602 g/mol. The summed E-state index contributed by atoms with van der Waals surface area (Å²) in [6.45, 7) is 6.53. The monoisotopic (exact) mass is 637 g/mol. The quantitative estimate of drug-likeness (QED) is 0.291. The first kappa shape index (κ1) is 28.5. The topological polar surface area (TPSA) is 99.7 Å². The Morgan fingerprint density at radius 1 is 1.05 bits per heavy atom. The number of amides is 1. The van der Waals surface area contributed by atoms with Crippen molar-refractivity contribution < 1.29 is 14.4 Å². The molecule has 0 radical (unpaired) electrons. The van der Waals surface area contributed by atoms with E-state index < -0.39 is 0 Å². The van der Waals surface area contributed by atoms with Crippen molar-refractivity contribution in [2.24, 2.45) is 0 Å². The average molecular weight is 639 g/mol. The van der Waals surface area contributed by atoms with Crippen molar-refractivity contribution in [3.05, 3.63) is 62.6 Å². The van der Waals surface area contributed by atoms with Gasteiger partial charge >= 0.3 is 5.69 Å². The molecule has 2 aliphatic rings. The number of carbonyl (C=O) groups excluding carboxylic acids is 1. The number of ether oxygens (including phenoxy) is 1. The van der Waals surface area contributed by atoms with Gasteiger partial charge in [0.2, 0.25) is 11.8 Å². The number of nitrogens with zero attached hydrogens (tertiary/aromatic N) is 7. The van der Waals surface area contributed by atoms with Gasteiger partial charge in [0, 0.05) is 79.5 Å². The Morgan fingerprint density at radius 2 is 1.81 bits per heavy atom. The second kappa shape index (κ2) is 11.9. The minimum Gasteiger partial charge on any atom is -0.481 e. The number of methoxy groups -OCH3 is 1. The van der Waals surface area contributed by atoms with Crippen molar-refractivity contribution in [1.29, 1.82) is 0 Å². The number of aromatic nitrogens is 5. The molecule has 12 heteroatoms. The Hall–Kier alpha value is -3.64. The van der Waals surface area contributed by atoms with Crippen LogP contribution in [0.25, 0.3) is 22.4 Å². The van der Waals surface area contributed by atoms with E-state index in [1.165, 1.54) is 17.5 Å². The third-order valence-electron chi connectivity index (χ3n) is 8.51. The molecule has 2 aliphatic heterocycles. The van der Waals surface area contributed by atoms with Crippen LogP contribution in [0.15, 0.2) is 45.7 Å². The maximum atomic E-state index is 13.2. The van der Waals surface area contributed by atoms with E-state index in [2.05, 4.69) is 42.6 Å². The van der Waals surface area contributed by atoms with Gasteiger partial charge in [-0.1, -0.05) is 28.1 Å². The molecule has 4 aromatic rings. The van der Waals surface area contributed by atoms with Crippen molar-refractivity contribution in [3.63, 3.8) is 0 Å². The van der Waals surface area contributed by atoms with Crippen LogP contribution in [-0.4, -0.2) is 80.2 Å². The molecule has 222 valence electrons. The Bertz CT molecular complexity index is 1650. The van der Waals surface area contributed by atoms with Crippen molar-refractivity contribution in [2.75, 3.05) is 40.4 Å². The van der Waals surface area contributed by atoms with Gasteiger partial charge in [0.1, 0.15) is 12.6 Å². The molecule has 0 bridgehead atoms. The molecule has 0 spiro atoms. The predicted molar refractivity (Wildman–Crippen MR) is 163 cm³/mol. The molecule has 1 amide bonds. The molecule has 1 fully saturated rings. The molecule has 1 saturated heterocycles. The van der Waals surface area contributed by atoms with E-state index in [4.69, 9.17) is 14.7 Å². The highest BCUT2D eigenvalue weighted by Gasteiger charge is 2.28. The minimum atomic E-state index is -0.208. The van der Waals surface area contributed by atoms with Crippen LogP contribution in [0, 0.1) is 0 Å². The van der Waals surface area contributed by atoms with Gasteiger partial charge in [-0.2, -0.15) is 10.1 Å². The van der Waals surface area contributed by atoms with Crippen LogP contribution in [0.2, 0.25) is 0 Å². The second-order valence-electron chi connectivity index (χ2n) is 10.9. The summed E-state index contributed by atoms with van der Waals surface area (Å²) in [6.07, 6.45) is 3.49. The van der Waals surface area contributed by atoms with Crippen LogP contribution >= 0.6 is 15.9 Å². The Labute approximate surface area is 252 Å². The lowest BCUT2D eigenvalue weighted by atomic mass is 10.0. The number of hydrogen-bond acceptors (Lipinski definition) is 7. The Balaban J connectivity index is 1.13. The smallest absolute Gasteiger partial charge is 0.363 e. The molecule has 0 aliphatic carbocycles. The fraction of sp³-hybridized carbons (Fsp3) is 0.467. The number of piperidine rings is 1. The van der Waals surface area contributed by atoms with Gasteiger partial charge in [0.25, 0.3) is 0 Å². The Kier molecular flexibility index (Phi) is 8.09. The number of carbonyl (C=O) groups is 1. The predicted octanol–water partition coefficient (Wildman–Crippen LogP) is 3.52. The minimum absolute atomic E-state index is 0.0445. The fourth-order valence-corrected chi connectivity index (χ4v) is 6.56. The van der Waals surface area contributed by atoms with Gasteiger partial charge in [-0.05, 0) is 44.0 Å². The largest absolute Gasteiger partial charge is 0.481 e. The van der Waals surface area contributed by atoms with E-state index in [9.17, 15) is 9.59 Å². The highest BCUT2D eigenvalue weighted by Crippen LogP contribution is 2.31. The van der Waals surface area contributed by atoms with Gasteiger partial charge in [0.15, 0.2) is 5.65 Å². The maximum Gasteiger partial charge on any atom is 0.363 e. The first-order chi connectivity index (χ1) is 20.4. The van der Waals surface area contributed by atoms with Gasteiger partial charge in [0.05, 0.1) is 12.8 Å². The van der Waals surface area contributed by atoms with Crippen LogP contribution in [0.1, 0.15) is 43.5 Å². The van der Waals surface area contributed by atoms with E-state index in [0.717, 1.165) is 79.7 Å². The van der Waals surface area contributed by atoms with Crippen LogP contribution in [0.5, 0.6) is 5.88 Å². The van der Waals surface area contributed by atoms with E-state index >= 15 is 0 Å². The number of rotatable bonds is 8. The van der Waals surface area contributed by atoms with Gasteiger partial charge < -0.3 is 19.4 Å². The summed E-state index contributed by atoms with van der Waals surface area (Å²) in [5.74, 6) is 0.572. The number of halogens is 1. The van der Waals surface area contributed by atoms with Crippen molar-refractivity contribution in [3.8, 4) is 17.1 Å². The molecule has 0 N–H and O–H groups in total. The van der Waals surface area contributed by atoms with E-state index in [1.807, 2.05) is 23.1 Å². The zero-order chi connectivity index (χ0) is 29.4. The molecule has 1 aromatic carbocycles. The summed E-state index contributed by atoms with van der Waals surface area (Å²) >= 11 is 3.53. The van der Waals surface area contributed by atoms with E-state index in [0.29, 0.717) is 23.6 Å². The number of hydrogen-bond donors (Lipinski definition) is 0. The van der Waals surface area contributed by atoms with Gasteiger partial charge in [-0.25, -0.2) is 4.79 Å². The zero-order valence-electron chi connectivity index (χ0n) is 24.3. The molecule has 6 rings (SSSR count). The number of aryl methyl sites for hydroxylation is 1. The molecular formula is C30H36BrN7O4. The second-order valence-corrected chi connectivity index (χ2v) is 11.9. The molecule has 0 saturated carbocycles. The summed E-state index contributed by atoms with van der Waals surface area (Å²) in [7, 11) is 3.07. The van der Waals surface area contributed by atoms with E-state index in [-0.39, 0.29) is 17.6 Å². The lowest BCUT2D eigenvalue weighted by Gasteiger charge is -2.32. The first-order valence-corrected chi connectivity index (χ1v) is 15.2. The van der Waals surface area contributed by atoms with Crippen molar-refractivity contribution in [2.45, 2.75) is 51.7 Å². The number of imidazole rings is 1. The molecule has 42 heavy (non-hydrogen) atoms.